The van der Waals surface area contributed by atoms with Crippen LogP contribution in [0.3, 0.4) is 0 Å². The van der Waals surface area contributed by atoms with Gasteiger partial charge in [-0.2, -0.15) is 0 Å². The van der Waals surface area contributed by atoms with E-state index in [1.54, 1.807) is 6.33 Å². The van der Waals surface area contributed by atoms with Gasteiger partial charge in [0.05, 0.1) is 5.39 Å². The van der Waals surface area contributed by atoms with Crippen molar-refractivity contribution >= 4 is 16.9 Å². The molecular weight excluding hydrogens is 250 g/mol. The van der Waals surface area contributed by atoms with Crippen molar-refractivity contribution in [3.63, 3.8) is 0 Å². The average Bonchev–Trinajstić information content (AvgIpc) is 2.67. The Balaban J connectivity index is 2.12. The van der Waals surface area contributed by atoms with Crippen molar-refractivity contribution in [2.75, 3.05) is 19.3 Å². The normalized spacial score (nSPS) is 24.4. The van der Waals surface area contributed by atoms with Crippen molar-refractivity contribution in [1.82, 2.24) is 19.4 Å². The lowest BCUT2D eigenvalue weighted by molar-refractivity contribution is 0.157. The molecule has 20 heavy (non-hydrogen) atoms. The predicted octanol–water partition coefficient (Wildman–Crippen LogP) is 2.29. The van der Waals surface area contributed by atoms with Crippen LogP contribution in [0, 0.1) is 13.8 Å². The molecule has 1 aliphatic rings. The first-order chi connectivity index (χ1) is 9.50. The second kappa shape index (κ2) is 4.74. The van der Waals surface area contributed by atoms with Gasteiger partial charge in [-0.15, -0.1) is 0 Å². The number of likely N-dealkylation sites (tertiary alicyclic amines) is 1. The molecule has 0 spiro atoms. The van der Waals surface area contributed by atoms with E-state index in [0.717, 1.165) is 30.4 Å². The summed E-state index contributed by atoms with van der Waals surface area (Å²) >= 11 is 0. The Hall–Kier alpha value is -1.62. The fourth-order valence-electron chi connectivity index (χ4n) is 3.40. The average molecular weight is 273 g/mol. The Morgan fingerprint density at radius 3 is 2.75 bits per heavy atom. The highest BCUT2D eigenvalue weighted by atomic mass is 15.2. The summed E-state index contributed by atoms with van der Waals surface area (Å²) in [6.07, 6.45) is 3.89. The Bertz CT molecular complexity index is 645. The van der Waals surface area contributed by atoms with Crippen molar-refractivity contribution in [3.8, 4) is 0 Å². The van der Waals surface area contributed by atoms with E-state index in [2.05, 4.69) is 47.3 Å². The first-order valence-electron chi connectivity index (χ1n) is 7.28. The van der Waals surface area contributed by atoms with E-state index in [-0.39, 0.29) is 0 Å². The van der Waals surface area contributed by atoms with E-state index < -0.39 is 0 Å². The van der Waals surface area contributed by atoms with Crippen LogP contribution >= 0.6 is 0 Å². The molecule has 2 unspecified atom stereocenters. The van der Waals surface area contributed by atoms with Crippen molar-refractivity contribution in [1.29, 1.82) is 0 Å². The topological polar surface area (TPSA) is 60.0 Å². The number of aromatic nitrogens is 3. The monoisotopic (exact) mass is 273 g/mol. The van der Waals surface area contributed by atoms with Crippen LogP contribution in [0.1, 0.15) is 37.1 Å². The van der Waals surface area contributed by atoms with Crippen molar-refractivity contribution < 1.29 is 0 Å². The first-order valence-corrected chi connectivity index (χ1v) is 7.28. The van der Waals surface area contributed by atoms with Crippen LogP contribution < -0.4 is 5.73 Å². The summed E-state index contributed by atoms with van der Waals surface area (Å²) < 4.78 is 2.38. The van der Waals surface area contributed by atoms with E-state index >= 15 is 0 Å². The van der Waals surface area contributed by atoms with Gasteiger partial charge in [0.2, 0.25) is 0 Å². The third-order valence-corrected chi connectivity index (χ3v) is 4.91. The minimum Gasteiger partial charge on any atom is -0.383 e. The van der Waals surface area contributed by atoms with Crippen LogP contribution in [0.2, 0.25) is 0 Å². The SMILES string of the molecule is Cc1c(C)n(C2CCN(C)C(C)C2)c2ncnc(N)c12. The molecular formula is C15H23N5. The molecule has 3 heterocycles. The van der Waals surface area contributed by atoms with Crippen LogP contribution in [0.15, 0.2) is 6.33 Å². The summed E-state index contributed by atoms with van der Waals surface area (Å²) in [5.41, 5.74) is 9.53. The molecule has 0 bridgehead atoms. The standard InChI is InChI=1S/C15H23N5/c1-9-7-12(5-6-19(9)4)20-11(3)10(2)13-14(16)17-8-18-15(13)20/h8-9,12H,5-7H2,1-4H3,(H2,16,17,18). The highest BCUT2D eigenvalue weighted by Crippen LogP contribution is 2.34. The number of hydrogen-bond acceptors (Lipinski definition) is 4. The molecule has 5 nitrogen and oxygen atoms in total. The Morgan fingerprint density at radius 1 is 1.30 bits per heavy atom. The maximum absolute atomic E-state index is 6.05. The molecule has 0 aliphatic carbocycles. The quantitative estimate of drug-likeness (QED) is 0.866. The first kappa shape index (κ1) is 13.4. The van der Waals surface area contributed by atoms with Gasteiger partial charge >= 0.3 is 0 Å². The number of nitrogen functional groups attached to an aromatic ring is 1. The molecule has 1 saturated heterocycles. The van der Waals surface area contributed by atoms with E-state index in [4.69, 9.17) is 5.73 Å². The summed E-state index contributed by atoms with van der Waals surface area (Å²) in [6, 6.07) is 1.11. The Kier molecular flexibility index (Phi) is 3.17. The van der Waals surface area contributed by atoms with E-state index in [1.807, 2.05) is 0 Å². The molecule has 2 aromatic heterocycles. The molecule has 2 atom stereocenters. The Labute approximate surface area is 119 Å². The van der Waals surface area contributed by atoms with E-state index in [0.29, 0.717) is 17.9 Å². The van der Waals surface area contributed by atoms with Gasteiger partial charge in [0.1, 0.15) is 17.8 Å². The van der Waals surface area contributed by atoms with Gasteiger partial charge in [0, 0.05) is 24.3 Å². The number of nitrogens with two attached hydrogens (primary N) is 1. The second-order valence-corrected chi connectivity index (χ2v) is 6.05. The largest absolute Gasteiger partial charge is 0.383 e. The second-order valence-electron chi connectivity index (χ2n) is 6.05. The molecule has 2 N–H and O–H groups in total. The summed E-state index contributed by atoms with van der Waals surface area (Å²) in [5.74, 6) is 0.593. The van der Waals surface area contributed by atoms with Crippen LogP contribution in [0.5, 0.6) is 0 Å². The van der Waals surface area contributed by atoms with Crippen LogP contribution in [-0.2, 0) is 0 Å². The van der Waals surface area contributed by atoms with Gasteiger partial charge in [0.15, 0.2) is 0 Å². The lowest BCUT2D eigenvalue weighted by atomic mass is 9.98. The van der Waals surface area contributed by atoms with Crippen LogP contribution in [0.4, 0.5) is 5.82 Å². The zero-order valence-electron chi connectivity index (χ0n) is 12.7. The highest BCUT2D eigenvalue weighted by Gasteiger charge is 2.27. The lowest BCUT2D eigenvalue weighted by Gasteiger charge is -2.36. The molecule has 2 aromatic rings. The third-order valence-electron chi connectivity index (χ3n) is 4.91. The zero-order valence-corrected chi connectivity index (χ0v) is 12.7. The van der Waals surface area contributed by atoms with Gasteiger partial charge in [0.25, 0.3) is 0 Å². The summed E-state index contributed by atoms with van der Waals surface area (Å²) in [5, 5.41) is 1.02. The molecule has 1 aliphatic heterocycles. The van der Waals surface area contributed by atoms with Crippen LogP contribution in [-0.4, -0.2) is 39.1 Å². The molecule has 0 aromatic carbocycles. The van der Waals surface area contributed by atoms with Crippen molar-refractivity contribution in [3.05, 3.63) is 17.6 Å². The minimum atomic E-state index is 0.506. The van der Waals surface area contributed by atoms with Gasteiger partial charge in [-0.3, -0.25) is 0 Å². The van der Waals surface area contributed by atoms with Gasteiger partial charge in [-0.25, -0.2) is 9.97 Å². The number of rotatable bonds is 1. The van der Waals surface area contributed by atoms with Gasteiger partial charge in [-0.05, 0) is 46.2 Å². The molecule has 0 radical (unpaired) electrons. The number of fused-ring (bicyclic) bond motifs is 1. The number of aryl methyl sites for hydroxylation is 1. The molecule has 1 fully saturated rings. The number of anilines is 1. The minimum absolute atomic E-state index is 0.506. The molecule has 108 valence electrons. The van der Waals surface area contributed by atoms with Crippen LogP contribution in [0.25, 0.3) is 11.0 Å². The van der Waals surface area contributed by atoms with E-state index in [1.165, 1.54) is 11.3 Å². The smallest absolute Gasteiger partial charge is 0.146 e. The summed E-state index contributed by atoms with van der Waals surface area (Å²) in [6.45, 7) is 7.71. The fraction of sp³-hybridized carbons (Fsp3) is 0.600. The predicted molar refractivity (Wildman–Crippen MR) is 81.8 cm³/mol. The zero-order chi connectivity index (χ0) is 14.4. The molecule has 3 rings (SSSR count). The Morgan fingerprint density at radius 2 is 2.05 bits per heavy atom. The van der Waals surface area contributed by atoms with E-state index in [9.17, 15) is 0 Å². The number of hydrogen-bond donors (Lipinski definition) is 1. The maximum atomic E-state index is 6.05. The number of piperidine rings is 1. The molecule has 5 heteroatoms. The van der Waals surface area contributed by atoms with Crippen molar-refractivity contribution in [2.24, 2.45) is 0 Å². The van der Waals surface area contributed by atoms with Gasteiger partial charge in [-0.1, -0.05) is 0 Å². The molecule has 0 saturated carbocycles. The third kappa shape index (κ3) is 1.88. The van der Waals surface area contributed by atoms with Gasteiger partial charge < -0.3 is 15.2 Å². The maximum Gasteiger partial charge on any atom is 0.146 e. The lowest BCUT2D eigenvalue weighted by Crippen LogP contribution is -2.38. The highest BCUT2D eigenvalue weighted by molar-refractivity contribution is 5.90. The summed E-state index contributed by atoms with van der Waals surface area (Å²) in [4.78, 5) is 11.1. The van der Waals surface area contributed by atoms with Crippen molar-refractivity contribution in [2.45, 2.75) is 45.7 Å². The molecule has 0 amide bonds. The number of nitrogens with zero attached hydrogens (tertiary/aromatic N) is 4. The summed E-state index contributed by atoms with van der Waals surface area (Å²) in [7, 11) is 2.20. The fourth-order valence-corrected chi connectivity index (χ4v) is 3.40.